The average Bonchev–Trinajstić information content (AvgIpc) is 2.15. The lowest BCUT2D eigenvalue weighted by Crippen LogP contribution is -2.28. The molecule has 0 heterocycles. The third kappa shape index (κ3) is 2.48. The van der Waals surface area contributed by atoms with Crippen LogP contribution in [0.4, 0.5) is 13.2 Å². The maximum atomic E-state index is 12.2. The molecule has 14 heavy (non-hydrogen) atoms. The lowest BCUT2D eigenvalue weighted by Gasteiger charge is -2.16. The highest BCUT2D eigenvalue weighted by Crippen LogP contribution is 2.30. The van der Waals surface area contributed by atoms with Gasteiger partial charge in [0.25, 0.3) is 0 Å². The first kappa shape index (κ1) is 11.0. The molecule has 0 unspecified atom stereocenters. The molecule has 0 aliphatic carbocycles. The molecule has 1 nitrogen and oxygen atoms in total. The second kappa shape index (κ2) is 4.00. The Morgan fingerprint density at radius 3 is 2.50 bits per heavy atom. The van der Waals surface area contributed by atoms with Gasteiger partial charge in [-0.1, -0.05) is 31.2 Å². The van der Waals surface area contributed by atoms with Crippen LogP contribution in [0.15, 0.2) is 24.3 Å². The van der Waals surface area contributed by atoms with Crippen molar-refractivity contribution in [2.75, 3.05) is 0 Å². The summed E-state index contributed by atoms with van der Waals surface area (Å²) < 4.78 is 36.7. The molecular weight excluding hydrogens is 191 g/mol. The summed E-state index contributed by atoms with van der Waals surface area (Å²) in [5, 5.41) is 0. The summed E-state index contributed by atoms with van der Waals surface area (Å²) >= 11 is 0. The topological polar surface area (TPSA) is 26.0 Å². The quantitative estimate of drug-likeness (QED) is 0.785. The molecule has 1 rings (SSSR count). The number of benzene rings is 1. The number of nitrogens with two attached hydrogens (primary N) is 1. The zero-order valence-electron chi connectivity index (χ0n) is 7.81. The van der Waals surface area contributed by atoms with Gasteiger partial charge in [-0.2, -0.15) is 13.2 Å². The Hall–Kier alpha value is -1.03. The molecule has 78 valence electrons. The van der Waals surface area contributed by atoms with Gasteiger partial charge in [-0.15, -0.1) is 0 Å². The van der Waals surface area contributed by atoms with Crippen molar-refractivity contribution >= 4 is 0 Å². The molecule has 2 N–H and O–H groups in total. The third-order valence-corrected chi connectivity index (χ3v) is 2.07. The van der Waals surface area contributed by atoms with Gasteiger partial charge in [-0.25, -0.2) is 0 Å². The van der Waals surface area contributed by atoms with E-state index in [9.17, 15) is 13.2 Å². The van der Waals surface area contributed by atoms with Gasteiger partial charge >= 0.3 is 6.18 Å². The van der Waals surface area contributed by atoms with Crippen LogP contribution in [0, 0.1) is 0 Å². The van der Waals surface area contributed by atoms with Crippen molar-refractivity contribution in [2.45, 2.75) is 25.6 Å². The zero-order valence-corrected chi connectivity index (χ0v) is 7.81. The van der Waals surface area contributed by atoms with Crippen LogP contribution >= 0.6 is 0 Å². The molecule has 1 aromatic carbocycles. The first-order valence-electron chi connectivity index (χ1n) is 4.36. The van der Waals surface area contributed by atoms with E-state index in [0.717, 1.165) is 5.56 Å². The second-order valence-corrected chi connectivity index (χ2v) is 3.12. The molecule has 0 aliphatic rings. The average molecular weight is 203 g/mol. The van der Waals surface area contributed by atoms with Gasteiger partial charge in [0, 0.05) is 0 Å². The van der Waals surface area contributed by atoms with Crippen LogP contribution in [-0.2, 0) is 6.42 Å². The van der Waals surface area contributed by atoms with E-state index in [0.29, 0.717) is 6.42 Å². The highest BCUT2D eigenvalue weighted by molar-refractivity contribution is 5.26. The van der Waals surface area contributed by atoms with Crippen LogP contribution < -0.4 is 5.73 Å². The number of hydrogen-bond acceptors (Lipinski definition) is 1. The predicted octanol–water partition coefficient (Wildman–Crippen LogP) is 2.81. The number of hydrogen-bond donors (Lipinski definition) is 1. The van der Waals surface area contributed by atoms with Crippen molar-refractivity contribution in [1.82, 2.24) is 0 Å². The van der Waals surface area contributed by atoms with Gasteiger partial charge in [-0.05, 0) is 17.5 Å². The minimum atomic E-state index is -4.37. The van der Waals surface area contributed by atoms with Crippen LogP contribution in [0.25, 0.3) is 0 Å². The summed E-state index contributed by atoms with van der Waals surface area (Å²) in [4.78, 5) is 0. The molecule has 0 saturated heterocycles. The molecule has 0 aliphatic heterocycles. The van der Waals surface area contributed by atoms with E-state index >= 15 is 0 Å². The van der Waals surface area contributed by atoms with E-state index in [1.807, 2.05) is 6.92 Å². The fraction of sp³-hybridized carbons (Fsp3) is 0.400. The van der Waals surface area contributed by atoms with E-state index in [1.165, 1.54) is 12.1 Å². The lowest BCUT2D eigenvalue weighted by molar-refractivity contribution is -0.149. The van der Waals surface area contributed by atoms with Crippen molar-refractivity contribution in [3.63, 3.8) is 0 Å². The number of aryl methyl sites for hydroxylation is 1. The van der Waals surface area contributed by atoms with Gasteiger partial charge in [0.05, 0.1) is 0 Å². The minimum Gasteiger partial charge on any atom is -0.316 e. The van der Waals surface area contributed by atoms with E-state index in [4.69, 9.17) is 5.73 Å². The van der Waals surface area contributed by atoms with Crippen molar-refractivity contribution in [1.29, 1.82) is 0 Å². The molecular formula is C10H12F3N. The third-order valence-electron chi connectivity index (χ3n) is 2.07. The summed E-state index contributed by atoms with van der Waals surface area (Å²) in [5.74, 6) is 0. The molecule has 0 bridgehead atoms. The fourth-order valence-corrected chi connectivity index (χ4v) is 1.20. The van der Waals surface area contributed by atoms with Crippen LogP contribution in [0.2, 0.25) is 0 Å². The molecule has 0 amide bonds. The van der Waals surface area contributed by atoms with Crippen molar-refractivity contribution < 1.29 is 13.2 Å². The Labute approximate surface area is 80.7 Å². The molecule has 4 heteroatoms. The molecule has 0 spiro atoms. The first-order chi connectivity index (χ1) is 6.45. The van der Waals surface area contributed by atoms with E-state index in [1.54, 1.807) is 12.1 Å². The highest BCUT2D eigenvalue weighted by Gasteiger charge is 2.37. The summed E-state index contributed by atoms with van der Waals surface area (Å²) in [6.45, 7) is 1.89. The number of rotatable bonds is 2. The van der Waals surface area contributed by atoms with E-state index in [-0.39, 0.29) is 5.56 Å². The minimum absolute atomic E-state index is 0.122. The molecule has 1 atom stereocenters. The van der Waals surface area contributed by atoms with Gasteiger partial charge < -0.3 is 5.73 Å². The highest BCUT2D eigenvalue weighted by atomic mass is 19.4. The van der Waals surface area contributed by atoms with Crippen LogP contribution in [0.1, 0.15) is 24.1 Å². The molecule has 0 fully saturated rings. The summed E-state index contributed by atoms with van der Waals surface area (Å²) in [7, 11) is 0. The largest absolute Gasteiger partial charge is 0.407 e. The Kier molecular flexibility index (Phi) is 3.16. The molecule has 0 saturated carbocycles. The normalized spacial score (nSPS) is 14.1. The van der Waals surface area contributed by atoms with Gasteiger partial charge in [0.1, 0.15) is 6.04 Å². The second-order valence-electron chi connectivity index (χ2n) is 3.12. The standard InChI is InChI=1S/C10H12F3N/c1-2-7-4-3-5-8(6-7)9(14)10(11,12)13/h3-6,9H,2,14H2,1H3/t9-/m0/s1. The van der Waals surface area contributed by atoms with Crippen molar-refractivity contribution in [3.05, 3.63) is 35.4 Å². The predicted molar refractivity (Wildman–Crippen MR) is 48.8 cm³/mol. The van der Waals surface area contributed by atoms with Crippen LogP contribution in [0.3, 0.4) is 0 Å². The SMILES string of the molecule is CCc1cccc([C@H](N)C(F)(F)F)c1. The zero-order chi connectivity index (χ0) is 10.8. The number of halogens is 3. The van der Waals surface area contributed by atoms with E-state index < -0.39 is 12.2 Å². The van der Waals surface area contributed by atoms with Gasteiger partial charge in [-0.3, -0.25) is 0 Å². The Bertz CT molecular complexity index is 306. The van der Waals surface area contributed by atoms with Gasteiger partial charge in [0.15, 0.2) is 0 Å². The maximum absolute atomic E-state index is 12.2. The van der Waals surface area contributed by atoms with Crippen LogP contribution in [-0.4, -0.2) is 6.18 Å². The smallest absolute Gasteiger partial charge is 0.316 e. The van der Waals surface area contributed by atoms with Gasteiger partial charge in [0.2, 0.25) is 0 Å². The number of alkyl halides is 3. The summed E-state index contributed by atoms with van der Waals surface area (Å²) in [5.41, 5.74) is 6.06. The Morgan fingerprint density at radius 1 is 1.36 bits per heavy atom. The fourth-order valence-electron chi connectivity index (χ4n) is 1.20. The summed E-state index contributed by atoms with van der Waals surface area (Å²) in [6, 6.07) is 4.40. The first-order valence-corrected chi connectivity index (χ1v) is 4.36. The Balaban J connectivity index is 2.95. The monoisotopic (exact) mass is 203 g/mol. The van der Waals surface area contributed by atoms with Crippen LogP contribution in [0.5, 0.6) is 0 Å². The lowest BCUT2D eigenvalue weighted by atomic mass is 10.0. The van der Waals surface area contributed by atoms with Crippen molar-refractivity contribution in [3.8, 4) is 0 Å². The maximum Gasteiger partial charge on any atom is 0.407 e. The van der Waals surface area contributed by atoms with E-state index in [2.05, 4.69) is 0 Å². The summed E-state index contributed by atoms with van der Waals surface area (Å²) in [6.07, 6.45) is -3.66. The molecule has 0 radical (unpaired) electrons. The Morgan fingerprint density at radius 2 is 2.00 bits per heavy atom. The van der Waals surface area contributed by atoms with Crippen molar-refractivity contribution in [2.24, 2.45) is 5.73 Å². The molecule has 1 aromatic rings. The molecule has 0 aromatic heterocycles.